The summed E-state index contributed by atoms with van der Waals surface area (Å²) in [6, 6.07) is 8.94. The molecule has 0 bridgehead atoms. The van der Waals surface area contributed by atoms with E-state index in [1.165, 1.54) is 7.11 Å². The molecule has 0 radical (unpaired) electrons. The highest BCUT2D eigenvalue weighted by molar-refractivity contribution is 5.73. The first kappa shape index (κ1) is 17.2. The zero-order valence-electron chi connectivity index (χ0n) is 12.5. The van der Waals surface area contributed by atoms with Crippen molar-refractivity contribution in [2.24, 2.45) is 5.92 Å². The standard InChI is InChI=1S/C16H22O5/c1-3-21-14(17)11-7-10-13(16(19)20-2)15(18)12-8-5-4-6-9-12/h4-6,8-9,13,15,18H,3,7,10-11H2,1-2H3/t13-,15+/m1/s1. The molecule has 5 nitrogen and oxygen atoms in total. The van der Waals surface area contributed by atoms with Crippen molar-refractivity contribution in [3.05, 3.63) is 35.9 Å². The second-order valence-corrected chi connectivity index (χ2v) is 4.68. The van der Waals surface area contributed by atoms with Crippen LogP contribution in [0.4, 0.5) is 0 Å². The SMILES string of the molecule is CCOC(=O)CCC[C@@H](C(=O)OC)[C@@H](O)c1ccccc1. The highest BCUT2D eigenvalue weighted by Gasteiger charge is 2.28. The number of benzene rings is 1. The van der Waals surface area contributed by atoms with Crippen molar-refractivity contribution in [2.75, 3.05) is 13.7 Å². The second kappa shape index (κ2) is 9.13. The van der Waals surface area contributed by atoms with Gasteiger partial charge in [0.1, 0.15) is 0 Å². The number of carbonyl (C=O) groups is 2. The van der Waals surface area contributed by atoms with E-state index in [0.717, 1.165) is 0 Å². The molecule has 0 fully saturated rings. The molecule has 21 heavy (non-hydrogen) atoms. The maximum atomic E-state index is 11.8. The summed E-state index contributed by atoms with van der Waals surface area (Å²) in [5.41, 5.74) is 0.657. The Morgan fingerprint density at radius 2 is 1.90 bits per heavy atom. The molecule has 0 unspecified atom stereocenters. The van der Waals surface area contributed by atoms with E-state index in [4.69, 9.17) is 9.47 Å². The molecular formula is C16H22O5. The van der Waals surface area contributed by atoms with Gasteiger partial charge in [-0.15, -0.1) is 0 Å². The van der Waals surface area contributed by atoms with Gasteiger partial charge < -0.3 is 14.6 Å². The van der Waals surface area contributed by atoms with Crippen LogP contribution in [0.2, 0.25) is 0 Å². The number of hydrogen-bond acceptors (Lipinski definition) is 5. The first-order valence-electron chi connectivity index (χ1n) is 7.06. The van der Waals surface area contributed by atoms with E-state index in [-0.39, 0.29) is 12.4 Å². The van der Waals surface area contributed by atoms with Crippen LogP contribution in [0, 0.1) is 5.92 Å². The third-order valence-electron chi connectivity index (χ3n) is 3.23. The minimum absolute atomic E-state index is 0.225. The molecule has 5 heteroatoms. The molecule has 0 heterocycles. The number of hydrogen-bond donors (Lipinski definition) is 1. The summed E-state index contributed by atoms with van der Waals surface area (Å²) in [4.78, 5) is 23.1. The monoisotopic (exact) mass is 294 g/mol. The van der Waals surface area contributed by atoms with Crippen molar-refractivity contribution >= 4 is 11.9 Å². The topological polar surface area (TPSA) is 72.8 Å². The van der Waals surface area contributed by atoms with Crippen LogP contribution < -0.4 is 0 Å². The molecule has 0 aromatic heterocycles. The molecular weight excluding hydrogens is 272 g/mol. The smallest absolute Gasteiger partial charge is 0.311 e. The molecule has 1 aromatic carbocycles. The van der Waals surface area contributed by atoms with Crippen molar-refractivity contribution in [3.63, 3.8) is 0 Å². The van der Waals surface area contributed by atoms with Gasteiger partial charge in [-0.05, 0) is 25.3 Å². The summed E-state index contributed by atoms with van der Waals surface area (Å²) < 4.78 is 9.58. The van der Waals surface area contributed by atoms with Gasteiger partial charge >= 0.3 is 11.9 Å². The summed E-state index contributed by atoms with van der Waals surface area (Å²) in [5, 5.41) is 10.3. The lowest BCUT2D eigenvalue weighted by Gasteiger charge is -2.21. The lowest BCUT2D eigenvalue weighted by Crippen LogP contribution is -2.24. The number of methoxy groups -OCH3 is 1. The maximum Gasteiger partial charge on any atom is 0.311 e. The predicted molar refractivity (Wildman–Crippen MR) is 77.4 cm³/mol. The van der Waals surface area contributed by atoms with E-state index in [9.17, 15) is 14.7 Å². The van der Waals surface area contributed by atoms with Crippen molar-refractivity contribution in [1.29, 1.82) is 0 Å². The Hall–Kier alpha value is -1.88. The van der Waals surface area contributed by atoms with Crippen LogP contribution in [-0.2, 0) is 19.1 Å². The lowest BCUT2D eigenvalue weighted by atomic mass is 9.91. The number of ether oxygens (including phenoxy) is 2. The third kappa shape index (κ3) is 5.55. The Morgan fingerprint density at radius 3 is 2.48 bits per heavy atom. The van der Waals surface area contributed by atoms with Crippen LogP contribution in [0.25, 0.3) is 0 Å². The first-order chi connectivity index (χ1) is 10.1. The van der Waals surface area contributed by atoms with Crippen LogP contribution in [-0.4, -0.2) is 30.8 Å². The average Bonchev–Trinajstić information content (AvgIpc) is 2.51. The Balaban J connectivity index is 2.64. The summed E-state index contributed by atoms with van der Waals surface area (Å²) >= 11 is 0. The molecule has 0 saturated carbocycles. The fraction of sp³-hybridized carbons (Fsp3) is 0.500. The van der Waals surface area contributed by atoms with Crippen LogP contribution in [0.3, 0.4) is 0 Å². The van der Waals surface area contributed by atoms with E-state index < -0.39 is 18.0 Å². The van der Waals surface area contributed by atoms with E-state index in [1.807, 2.05) is 6.07 Å². The fourth-order valence-corrected chi connectivity index (χ4v) is 2.14. The van der Waals surface area contributed by atoms with Gasteiger partial charge in [0.15, 0.2) is 0 Å². The molecule has 1 rings (SSSR count). The number of rotatable bonds is 8. The highest BCUT2D eigenvalue weighted by Crippen LogP contribution is 2.27. The summed E-state index contributed by atoms with van der Waals surface area (Å²) in [6.45, 7) is 2.08. The van der Waals surface area contributed by atoms with E-state index in [2.05, 4.69) is 0 Å². The molecule has 1 aromatic rings. The zero-order chi connectivity index (χ0) is 15.7. The molecule has 0 saturated heterocycles. The van der Waals surface area contributed by atoms with Crippen molar-refractivity contribution in [2.45, 2.75) is 32.3 Å². The maximum absolute atomic E-state index is 11.8. The molecule has 0 aliphatic rings. The quantitative estimate of drug-likeness (QED) is 0.744. The Labute approximate surface area is 124 Å². The predicted octanol–water partition coefficient (Wildman–Crippen LogP) is 2.24. The normalized spacial score (nSPS) is 13.3. The molecule has 0 aliphatic heterocycles. The highest BCUT2D eigenvalue weighted by atomic mass is 16.5. The van der Waals surface area contributed by atoms with Gasteiger partial charge in [0.2, 0.25) is 0 Å². The van der Waals surface area contributed by atoms with Crippen molar-refractivity contribution in [1.82, 2.24) is 0 Å². The van der Waals surface area contributed by atoms with Gasteiger partial charge in [0, 0.05) is 6.42 Å². The Kier molecular flexibility index (Phi) is 7.46. The second-order valence-electron chi connectivity index (χ2n) is 4.68. The van der Waals surface area contributed by atoms with Gasteiger partial charge in [0.05, 0.1) is 25.7 Å². The molecule has 0 aliphatic carbocycles. The molecule has 0 amide bonds. The lowest BCUT2D eigenvalue weighted by molar-refractivity contribution is -0.151. The van der Waals surface area contributed by atoms with Gasteiger partial charge in [-0.1, -0.05) is 30.3 Å². The molecule has 1 N–H and O–H groups in total. The summed E-state index contributed by atoms with van der Waals surface area (Å²) in [6.07, 6.45) is 0.105. The van der Waals surface area contributed by atoms with Crippen LogP contribution >= 0.6 is 0 Å². The molecule has 2 atom stereocenters. The summed E-state index contributed by atoms with van der Waals surface area (Å²) in [7, 11) is 1.29. The summed E-state index contributed by atoms with van der Waals surface area (Å²) in [5.74, 6) is -1.46. The van der Waals surface area contributed by atoms with E-state index in [1.54, 1.807) is 31.2 Å². The largest absolute Gasteiger partial charge is 0.469 e. The first-order valence-corrected chi connectivity index (χ1v) is 7.06. The third-order valence-corrected chi connectivity index (χ3v) is 3.23. The molecule has 116 valence electrons. The zero-order valence-corrected chi connectivity index (χ0v) is 12.5. The van der Waals surface area contributed by atoms with E-state index >= 15 is 0 Å². The Bertz CT molecular complexity index is 443. The van der Waals surface area contributed by atoms with Crippen LogP contribution in [0.1, 0.15) is 37.9 Å². The van der Waals surface area contributed by atoms with Gasteiger partial charge in [-0.25, -0.2) is 0 Å². The molecule has 0 spiro atoms. The number of aliphatic hydroxyl groups excluding tert-OH is 1. The van der Waals surface area contributed by atoms with Crippen molar-refractivity contribution in [3.8, 4) is 0 Å². The minimum Gasteiger partial charge on any atom is -0.469 e. The van der Waals surface area contributed by atoms with Gasteiger partial charge in [-0.3, -0.25) is 9.59 Å². The number of esters is 2. The van der Waals surface area contributed by atoms with Crippen LogP contribution in [0.5, 0.6) is 0 Å². The van der Waals surface area contributed by atoms with Crippen LogP contribution in [0.15, 0.2) is 30.3 Å². The van der Waals surface area contributed by atoms with Gasteiger partial charge in [-0.2, -0.15) is 0 Å². The Morgan fingerprint density at radius 1 is 1.24 bits per heavy atom. The van der Waals surface area contributed by atoms with Gasteiger partial charge in [0.25, 0.3) is 0 Å². The number of carbonyl (C=O) groups excluding carboxylic acids is 2. The van der Waals surface area contributed by atoms with Crippen molar-refractivity contribution < 1.29 is 24.2 Å². The fourth-order valence-electron chi connectivity index (χ4n) is 2.14. The average molecular weight is 294 g/mol. The number of aliphatic hydroxyl groups is 1. The minimum atomic E-state index is -0.944. The van der Waals surface area contributed by atoms with E-state index in [0.29, 0.717) is 25.0 Å².